The number of anilines is 1. The summed E-state index contributed by atoms with van der Waals surface area (Å²) in [5.41, 5.74) is 1.31. The van der Waals surface area contributed by atoms with Crippen LogP contribution >= 0.6 is 0 Å². The van der Waals surface area contributed by atoms with Gasteiger partial charge < -0.3 is 10.2 Å². The lowest BCUT2D eigenvalue weighted by Gasteiger charge is -2.27. The maximum Gasteiger partial charge on any atom is 0.128 e. The van der Waals surface area contributed by atoms with Crippen molar-refractivity contribution in [2.45, 2.75) is 25.8 Å². The molecule has 0 spiro atoms. The van der Waals surface area contributed by atoms with Crippen molar-refractivity contribution in [2.24, 2.45) is 0 Å². The molecule has 1 aromatic rings. The van der Waals surface area contributed by atoms with Crippen LogP contribution in [0.5, 0.6) is 0 Å². The summed E-state index contributed by atoms with van der Waals surface area (Å²) < 4.78 is 0. The zero-order valence-electron chi connectivity index (χ0n) is 9.37. The molecule has 0 atom stereocenters. The number of nitrogens with zero attached hydrogens (tertiary/aromatic N) is 2. The van der Waals surface area contributed by atoms with Crippen LogP contribution in [0.3, 0.4) is 0 Å². The van der Waals surface area contributed by atoms with Gasteiger partial charge in [0.15, 0.2) is 0 Å². The summed E-state index contributed by atoms with van der Waals surface area (Å²) in [6.45, 7) is 3.25. The molecule has 3 heteroatoms. The minimum absolute atomic E-state index is 0.920. The first kappa shape index (κ1) is 10.4. The standard InChI is InChI=1S/C12H19N3/c1-13-10-11-5-6-14-12(9-11)15-7-3-2-4-8-15/h5-6,9,13H,2-4,7-8,10H2,1H3. The molecule has 1 aliphatic heterocycles. The van der Waals surface area contributed by atoms with E-state index in [9.17, 15) is 0 Å². The van der Waals surface area contributed by atoms with Gasteiger partial charge in [0.25, 0.3) is 0 Å². The smallest absolute Gasteiger partial charge is 0.128 e. The minimum Gasteiger partial charge on any atom is -0.357 e. The van der Waals surface area contributed by atoms with Crippen LogP contribution in [0.2, 0.25) is 0 Å². The SMILES string of the molecule is CNCc1ccnc(N2CCCCC2)c1. The van der Waals surface area contributed by atoms with E-state index in [2.05, 4.69) is 27.3 Å². The lowest BCUT2D eigenvalue weighted by atomic mass is 10.1. The second-order valence-electron chi connectivity index (χ2n) is 4.10. The van der Waals surface area contributed by atoms with Gasteiger partial charge in [-0.2, -0.15) is 0 Å². The average molecular weight is 205 g/mol. The number of hydrogen-bond acceptors (Lipinski definition) is 3. The normalized spacial score (nSPS) is 16.7. The van der Waals surface area contributed by atoms with Crippen LogP contribution in [0.1, 0.15) is 24.8 Å². The molecule has 1 aromatic heterocycles. The monoisotopic (exact) mass is 205 g/mol. The predicted molar refractivity (Wildman–Crippen MR) is 63.1 cm³/mol. The van der Waals surface area contributed by atoms with Gasteiger partial charge in [-0.3, -0.25) is 0 Å². The third kappa shape index (κ3) is 2.69. The average Bonchev–Trinajstić information content (AvgIpc) is 2.31. The summed E-state index contributed by atoms with van der Waals surface area (Å²) in [4.78, 5) is 6.83. The van der Waals surface area contributed by atoms with Crippen molar-refractivity contribution in [3.05, 3.63) is 23.9 Å². The molecule has 2 rings (SSSR count). The van der Waals surface area contributed by atoms with E-state index in [1.165, 1.54) is 24.8 Å². The molecule has 1 fully saturated rings. The van der Waals surface area contributed by atoms with E-state index < -0.39 is 0 Å². The highest BCUT2D eigenvalue weighted by Crippen LogP contribution is 2.18. The molecule has 1 aliphatic rings. The number of hydrogen-bond donors (Lipinski definition) is 1. The fraction of sp³-hybridized carbons (Fsp3) is 0.583. The highest BCUT2D eigenvalue weighted by molar-refractivity contribution is 5.41. The fourth-order valence-corrected chi connectivity index (χ4v) is 2.07. The Kier molecular flexibility index (Phi) is 3.56. The van der Waals surface area contributed by atoms with E-state index in [4.69, 9.17) is 0 Å². The molecule has 0 aliphatic carbocycles. The number of pyridine rings is 1. The molecule has 0 radical (unpaired) electrons. The van der Waals surface area contributed by atoms with Crippen molar-refractivity contribution in [1.82, 2.24) is 10.3 Å². The Balaban J connectivity index is 2.09. The van der Waals surface area contributed by atoms with Crippen LogP contribution in [0.4, 0.5) is 5.82 Å². The molecule has 15 heavy (non-hydrogen) atoms. The Morgan fingerprint density at radius 1 is 1.33 bits per heavy atom. The van der Waals surface area contributed by atoms with E-state index in [0.717, 1.165) is 25.5 Å². The van der Waals surface area contributed by atoms with Crippen LogP contribution in [0, 0.1) is 0 Å². The first-order valence-electron chi connectivity index (χ1n) is 5.74. The zero-order chi connectivity index (χ0) is 10.5. The summed E-state index contributed by atoms with van der Waals surface area (Å²) >= 11 is 0. The molecule has 0 saturated carbocycles. The van der Waals surface area contributed by atoms with Gasteiger partial charge in [-0.1, -0.05) is 0 Å². The molecule has 0 unspecified atom stereocenters. The predicted octanol–water partition coefficient (Wildman–Crippen LogP) is 1.79. The molecule has 2 heterocycles. The van der Waals surface area contributed by atoms with Crippen molar-refractivity contribution in [3.8, 4) is 0 Å². The molecular weight excluding hydrogens is 186 g/mol. The largest absolute Gasteiger partial charge is 0.357 e. The summed E-state index contributed by atoms with van der Waals surface area (Å²) in [7, 11) is 1.97. The van der Waals surface area contributed by atoms with E-state index >= 15 is 0 Å². The minimum atomic E-state index is 0.920. The molecule has 0 amide bonds. The lowest BCUT2D eigenvalue weighted by molar-refractivity contribution is 0.573. The van der Waals surface area contributed by atoms with E-state index in [-0.39, 0.29) is 0 Å². The van der Waals surface area contributed by atoms with Gasteiger partial charge in [0, 0.05) is 25.8 Å². The molecular formula is C12H19N3. The van der Waals surface area contributed by atoms with Crippen LogP contribution in [-0.4, -0.2) is 25.1 Å². The van der Waals surface area contributed by atoms with Gasteiger partial charge in [-0.15, -0.1) is 0 Å². The van der Waals surface area contributed by atoms with Gasteiger partial charge in [0.05, 0.1) is 0 Å². The fourth-order valence-electron chi connectivity index (χ4n) is 2.07. The van der Waals surface area contributed by atoms with E-state index in [1.54, 1.807) is 0 Å². The summed E-state index contributed by atoms with van der Waals surface area (Å²) in [6.07, 6.45) is 5.89. The quantitative estimate of drug-likeness (QED) is 0.815. The number of rotatable bonds is 3. The van der Waals surface area contributed by atoms with E-state index in [1.807, 2.05) is 13.2 Å². The van der Waals surface area contributed by atoms with Gasteiger partial charge in [-0.05, 0) is 44.0 Å². The van der Waals surface area contributed by atoms with Gasteiger partial charge in [0.2, 0.25) is 0 Å². The van der Waals surface area contributed by atoms with Crippen LogP contribution in [-0.2, 0) is 6.54 Å². The maximum absolute atomic E-state index is 4.44. The topological polar surface area (TPSA) is 28.2 Å². The zero-order valence-corrected chi connectivity index (χ0v) is 9.37. The van der Waals surface area contributed by atoms with Crippen LogP contribution in [0.25, 0.3) is 0 Å². The summed E-state index contributed by atoms with van der Waals surface area (Å²) in [5.74, 6) is 1.14. The first-order chi connectivity index (χ1) is 7.40. The van der Waals surface area contributed by atoms with Crippen molar-refractivity contribution >= 4 is 5.82 Å². The van der Waals surface area contributed by atoms with Gasteiger partial charge in [-0.25, -0.2) is 4.98 Å². The molecule has 0 bridgehead atoms. The first-order valence-corrected chi connectivity index (χ1v) is 5.74. The Hall–Kier alpha value is -1.09. The summed E-state index contributed by atoms with van der Waals surface area (Å²) in [5, 5.41) is 3.17. The molecule has 0 aromatic carbocycles. The van der Waals surface area contributed by atoms with Gasteiger partial charge in [0.1, 0.15) is 5.82 Å². The molecule has 3 nitrogen and oxygen atoms in total. The highest BCUT2D eigenvalue weighted by atomic mass is 15.2. The Bertz CT molecular complexity index is 305. The van der Waals surface area contributed by atoms with Gasteiger partial charge >= 0.3 is 0 Å². The van der Waals surface area contributed by atoms with Crippen molar-refractivity contribution in [3.63, 3.8) is 0 Å². The van der Waals surface area contributed by atoms with Crippen LogP contribution in [0.15, 0.2) is 18.3 Å². The lowest BCUT2D eigenvalue weighted by Crippen LogP contribution is -2.30. The Morgan fingerprint density at radius 2 is 2.13 bits per heavy atom. The number of aromatic nitrogens is 1. The van der Waals surface area contributed by atoms with Crippen molar-refractivity contribution in [2.75, 3.05) is 25.0 Å². The van der Waals surface area contributed by atoms with Crippen molar-refractivity contribution in [1.29, 1.82) is 0 Å². The summed E-state index contributed by atoms with van der Waals surface area (Å²) in [6, 6.07) is 4.27. The van der Waals surface area contributed by atoms with Crippen LogP contribution < -0.4 is 10.2 Å². The highest BCUT2D eigenvalue weighted by Gasteiger charge is 2.11. The Labute approximate surface area is 91.5 Å². The number of nitrogens with one attached hydrogen (secondary N) is 1. The molecule has 1 N–H and O–H groups in total. The molecule has 82 valence electrons. The number of piperidine rings is 1. The second-order valence-corrected chi connectivity index (χ2v) is 4.10. The second kappa shape index (κ2) is 5.12. The third-order valence-electron chi connectivity index (χ3n) is 2.87. The molecule has 1 saturated heterocycles. The Morgan fingerprint density at radius 3 is 2.87 bits per heavy atom. The maximum atomic E-state index is 4.44. The van der Waals surface area contributed by atoms with E-state index in [0.29, 0.717) is 0 Å². The van der Waals surface area contributed by atoms with Crippen molar-refractivity contribution < 1.29 is 0 Å². The third-order valence-corrected chi connectivity index (χ3v) is 2.87.